The predicted octanol–water partition coefficient (Wildman–Crippen LogP) is 2.77. The van der Waals surface area contributed by atoms with Gasteiger partial charge in [-0.2, -0.15) is 5.26 Å². The van der Waals surface area contributed by atoms with E-state index in [0.29, 0.717) is 5.69 Å². The molecule has 0 saturated heterocycles. The number of ether oxygens (including phenoxy) is 1. The molecule has 0 amide bonds. The molecule has 0 aliphatic heterocycles. The highest BCUT2D eigenvalue weighted by atomic mass is 19.1. The van der Waals surface area contributed by atoms with Gasteiger partial charge in [-0.15, -0.1) is 0 Å². The Balaban J connectivity index is 2.39. The molecule has 0 spiro atoms. The fourth-order valence-electron chi connectivity index (χ4n) is 1.58. The zero-order valence-electron chi connectivity index (χ0n) is 10.1. The third-order valence-electron chi connectivity index (χ3n) is 2.52. The minimum Gasteiger partial charge on any atom is -0.478 e. The van der Waals surface area contributed by atoms with Crippen molar-refractivity contribution in [2.24, 2.45) is 0 Å². The number of anilines is 1. The molecule has 2 aromatic rings. The number of benzene rings is 2. The van der Waals surface area contributed by atoms with Crippen LogP contribution in [-0.4, -0.2) is 11.1 Å². The molecule has 6 heteroatoms. The number of carboxylic acids is 1. The molecule has 0 unspecified atom stereocenters. The topological polar surface area (TPSA) is 96.3 Å². The highest BCUT2D eigenvalue weighted by Crippen LogP contribution is 2.28. The van der Waals surface area contributed by atoms with Gasteiger partial charge in [-0.1, -0.05) is 0 Å². The first-order valence-corrected chi connectivity index (χ1v) is 5.51. The molecule has 3 N–H and O–H groups in total. The average Bonchev–Trinajstić information content (AvgIpc) is 2.38. The van der Waals surface area contributed by atoms with E-state index in [9.17, 15) is 9.18 Å². The molecule has 20 heavy (non-hydrogen) atoms. The van der Waals surface area contributed by atoms with E-state index in [1.807, 2.05) is 0 Å². The average molecular weight is 272 g/mol. The summed E-state index contributed by atoms with van der Waals surface area (Å²) in [7, 11) is 0. The fraction of sp³-hybridized carbons (Fsp3) is 0. The SMILES string of the molecule is N#Cc1ccc(Oc2cc(N)ccc2C(=O)O)cc1F. The first-order chi connectivity index (χ1) is 9.51. The molecule has 100 valence electrons. The van der Waals surface area contributed by atoms with Gasteiger partial charge in [-0.25, -0.2) is 9.18 Å². The first-order valence-electron chi connectivity index (χ1n) is 5.51. The molecule has 2 aromatic carbocycles. The molecule has 5 nitrogen and oxygen atoms in total. The standard InChI is InChI=1S/C14H9FN2O3/c15-12-6-10(3-1-8(12)7-16)20-13-5-9(17)2-4-11(13)14(18)19/h1-6H,17H2,(H,18,19). The minimum atomic E-state index is -1.19. The van der Waals surface area contributed by atoms with Crippen molar-refractivity contribution in [3.63, 3.8) is 0 Å². The van der Waals surface area contributed by atoms with Crippen molar-refractivity contribution < 1.29 is 19.0 Å². The van der Waals surface area contributed by atoms with Gasteiger partial charge in [0.15, 0.2) is 0 Å². The number of hydrogen-bond acceptors (Lipinski definition) is 4. The van der Waals surface area contributed by atoms with Crippen LogP contribution in [-0.2, 0) is 0 Å². The number of aromatic carboxylic acids is 1. The van der Waals surface area contributed by atoms with Crippen LogP contribution in [0.3, 0.4) is 0 Å². The van der Waals surface area contributed by atoms with Gasteiger partial charge in [0.05, 0.1) is 5.56 Å². The Morgan fingerprint density at radius 2 is 2.05 bits per heavy atom. The van der Waals surface area contributed by atoms with E-state index in [4.69, 9.17) is 20.8 Å². The first kappa shape index (κ1) is 13.4. The van der Waals surface area contributed by atoms with Crippen LogP contribution in [0.15, 0.2) is 36.4 Å². The maximum atomic E-state index is 13.4. The number of nitrogen functional groups attached to an aromatic ring is 1. The van der Waals surface area contributed by atoms with Crippen LogP contribution in [0.25, 0.3) is 0 Å². The summed E-state index contributed by atoms with van der Waals surface area (Å²) in [6.07, 6.45) is 0. The summed E-state index contributed by atoms with van der Waals surface area (Å²) < 4.78 is 18.8. The maximum absolute atomic E-state index is 13.4. The molecule has 0 saturated carbocycles. The zero-order valence-corrected chi connectivity index (χ0v) is 10.1. The lowest BCUT2D eigenvalue weighted by atomic mass is 10.2. The quantitative estimate of drug-likeness (QED) is 0.837. The summed E-state index contributed by atoms with van der Waals surface area (Å²) in [5, 5.41) is 17.7. The summed E-state index contributed by atoms with van der Waals surface area (Å²) in [5.41, 5.74) is 5.67. The van der Waals surface area contributed by atoms with Crippen molar-refractivity contribution in [1.82, 2.24) is 0 Å². The van der Waals surface area contributed by atoms with E-state index in [1.165, 1.54) is 30.3 Å². The van der Waals surface area contributed by atoms with Gasteiger partial charge in [0.25, 0.3) is 0 Å². The Bertz CT molecular complexity index is 723. The predicted molar refractivity (Wildman–Crippen MR) is 69.0 cm³/mol. The molecule has 0 radical (unpaired) electrons. The second-order valence-corrected chi connectivity index (χ2v) is 3.92. The number of nitriles is 1. The van der Waals surface area contributed by atoms with E-state index in [0.717, 1.165) is 6.07 Å². The van der Waals surface area contributed by atoms with Crippen LogP contribution < -0.4 is 10.5 Å². The molecule has 0 aromatic heterocycles. The van der Waals surface area contributed by atoms with Crippen LogP contribution in [0, 0.1) is 17.1 Å². The molecule has 0 aliphatic carbocycles. The van der Waals surface area contributed by atoms with Gasteiger partial charge >= 0.3 is 5.97 Å². The summed E-state index contributed by atoms with van der Waals surface area (Å²) >= 11 is 0. The van der Waals surface area contributed by atoms with E-state index < -0.39 is 11.8 Å². The molecular weight excluding hydrogens is 263 g/mol. The van der Waals surface area contributed by atoms with E-state index in [1.54, 1.807) is 6.07 Å². The maximum Gasteiger partial charge on any atom is 0.339 e. The van der Waals surface area contributed by atoms with E-state index in [2.05, 4.69) is 0 Å². The number of halogens is 1. The van der Waals surface area contributed by atoms with Crippen LogP contribution in [0.1, 0.15) is 15.9 Å². The second kappa shape index (κ2) is 5.28. The lowest BCUT2D eigenvalue weighted by molar-refractivity contribution is 0.0694. The van der Waals surface area contributed by atoms with Crippen LogP contribution in [0.2, 0.25) is 0 Å². The van der Waals surface area contributed by atoms with Crippen LogP contribution >= 0.6 is 0 Å². The lowest BCUT2D eigenvalue weighted by Crippen LogP contribution is -2.01. The van der Waals surface area contributed by atoms with E-state index >= 15 is 0 Å². The van der Waals surface area contributed by atoms with Crippen LogP contribution in [0.5, 0.6) is 11.5 Å². The normalized spacial score (nSPS) is 9.80. The fourth-order valence-corrected chi connectivity index (χ4v) is 1.58. The number of nitrogens with zero attached hydrogens (tertiary/aromatic N) is 1. The highest BCUT2D eigenvalue weighted by molar-refractivity contribution is 5.91. The number of nitrogens with two attached hydrogens (primary N) is 1. The second-order valence-electron chi connectivity index (χ2n) is 3.92. The van der Waals surface area contributed by atoms with Gasteiger partial charge in [0.2, 0.25) is 0 Å². The Hall–Kier alpha value is -3.07. The molecule has 2 rings (SSSR count). The Morgan fingerprint density at radius 3 is 2.65 bits per heavy atom. The Morgan fingerprint density at radius 1 is 1.30 bits per heavy atom. The summed E-state index contributed by atoms with van der Waals surface area (Å²) in [4.78, 5) is 11.1. The van der Waals surface area contributed by atoms with Crippen molar-refractivity contribution in [2.75, 3.05) is 5.73 Å². The molecule has 0 heterocycles. The molecule has 0 fully saturated rings. The monoisotopic (exact) mass is 272 g/mol. The zero-order chi connectivity index (χ0) is 14.7. The molecular formula is C14H9FN2O3. The molecule has 0 bridgehead atoms. The number of carbonyl (C=O) groups is 1. The Kier molecular flexibility index (Phi) is 3.53. The Labute approximate surface area is 113 Å². The number of rotatable bonds is 3. The van der Waals surface area contributed by atoms with Crippen molar-refractivity contribution in [1.29, 1.82) is 5.26 Å². The van der Waals surface area contributed by atoms with Gasteiger partial charge in [0.1, 0.15) is 28.9 Å². The smallest absolute Gasteiger partial charge is 0.339 e. The third kappa shape index (κ3) is 2.67. The minimum absolute atomic E-state index is 0.00149. The lowest BCUT2D eigenvalue weighted by Gasteiger charge is -2.09. The van der Waals surface area contributed by atoms with E-state index in [-0.39, 0.29) is 22.6 Å². The van der Waals surface area contributed by atoms with Crippen molar-refractivity contribution in [3.05, 3.63) is 53.3 Å². The molecule has 0 atom stereocenters. The third-order valence-corrected chi connectivity index (χ3v) is 2.52. The summed E-state index contributed by atoms with van der Waals surface area (Å²) in [6, 6.07) is 9.36. The van der Waals surface area contributed by atoms with Crippen molar-refractivity contribution in [2.45, 2.75) is 0 Å². The van der Waals surface area contributed by atoms with Gasteiger partial charge < -0.3 is 15.6 Å². The largest absolute Gasteiger partial charge is 0.478 e. The van der Waals surface area contributed by atoms with Gasteiger partial charge in [0, 0.05) is 17.8 Å². The van der Waals surface area contributed by atoms with Crippen LogP contribution in [0.4, 0.5) is 10.1 Å². The number of hydrogen-bond donors (Lipinski definition) is 2. The van der Waals surface area contributed by atoms with Crippen molar-refractivity contribution in [3.8, 4) is 17.6 Å². The van der Waals surface area contributed by atoms with Crippen molar-refractivity contribution >= 4 is 11.7 Å². The summed E-state index contributed by atoms with van der Waals surface area (Å²) in [6.45, 7) is 0. The van der Waals surface area contributed by atoms with Gasteiger partial charge in [-0.3, -0.25) is 0 Å². The van der Waals surface area contributed by atoms with Gasteiger partial charge in [-0.05, 0) is 24.3 Å². The highest BCUT2D eigenvalue weighted by Gasteiger charge is 2.13. The number of carboxylic acid groups (broad SMARTS) is 1. The molecule has 0 aliphatic rings. The summed E-state index contributed by atoms with van der Waals surface area (Å²) in [5.74, 6) is -1.85.